The molecule has 2 rings (SSSR count). The summed E-state index contributed by atoms with van der Waals surface area (Å²) in [5.41, 5.74) is 0. The number of rotatable bonds is 6. The first kappa shape index (κ1) is 16.9. The van der Waals surface area contributed by atoms with Crippen LogP contribution in [0.3, 0.4) is 0 Å². The van der Waals surface area contributed by atoms with Gasteiger partial charge in [-0.1, -0.05) is 6.92 Å². The van der Waals surface area contributed by atoms with E-state index in [2.05, 4.69) is 9.82 Å². The first-order chi connectivity index (χ1) is 10.4. The molecule has 1 N–H and O–H groups in total. The zero-order valence-corrected chi connectivity index (χ0v) is 14.0. The van der Waals surface area contributed by atoms with Gasteiger partial charge in [0.05, 0.1) is 6.20 Å². The molecule has 1 aromatic rings. The fourth-order valence-electron chi connectivity index (χ4n) is 2.45. The number of carbonyl (C=O) groups is 1. The van der Waals surface area contributed by atoms with E-state index < -0.39 is 16.3 Å². The van der Waals surface area contributed by atoms with Crippen LogP contribution in [0.4, 0.5) is 5.82 Å². The fraction of sp³-hybridized carbons (Fsp3) is 0.692. The highest BCUT2D eigenvalue weighted by Crippen LogP contribution is 2.21. The monoisotopic (exact) mass is 329 g/mol. The number of nitrogens with zero attached hydrogens (tertiary/aromatic N) is 4. The molecule has 0 saturated carbocycles. The number of hydrogen-bond donors (Lipinski definition) is 1. The molecule has 1 saturated heterocycles. The summed E-state index contributed by atoms with van der Waals surface area (Å²) in [4.78, 5) is 14.2. The second-order valence-corrected chi connectivity index (χ2v) is 7.04. The highest BCUT2D eigenvalue weighted by Gasteiger charge is 2.34. The molecular formula is C13H23N5O3S. The Labute approximate surface area is 131 Å². The summed E-state index contributed by atoms with van der Waals surface area (Å²) in [5.74, 6) is 0.481. The second-order valence-electron chi connectivity index (χ2n) is 5.23. The summed E-state index contributed by atoms with van der Waals surface area (Å²) >= 11 is 0. The van der Waals surface area contributed by atoms with Gasteiger partial charge >= 0.3 is 0 Å². The lowest BCUT2D eigenvalue weighted by Crippen LogP contribution is -2.55. The molecule has 0 aliphatic carbocycles. The van der Waals surface area contributed by atoms with Gasteiger partial charge in [0, 0.05) is 32.7 Å². The molecule has 8 nitrogen and oxygen atoms in total. The van der Waals surface area contributed by atoms with Crippen molar-refractivity contribution in [1.82, 2.24) is 18.8 Å². The molecule has 0 bridgehead atoms. The Bertz CT molecular complexity index is 627. The molecule has 1 aliphatic rings. The summed E-state index contributed by atoms with van der Waals surface area (Å²) in [6.45, 7) is 5.27. The summed E-state index contributed by atoms with van der Waals surface area (Å²) in [6, 6.07) is 1.05. The molecule has 1 atom stereocenters. The number of aromatic nitrogens is 2. The van der Waals surface area contributed by atoms with Crippen LogP contribution in [0.25, 0.3) is 0 Å². The Kier molecular flexibility index (Phi) is 5.20. The average Bonchev–Trinajstić information content (AvgIpc) is 2.96. The van der Waals surface area contributed by atoms with E-state index in [0.29, 0.717) is 31.9 Å². The highest BCUT2D eigenvalue weighted by atomic mass is 32.2. The maximum atomic E-state index is 12.6. The van der Waals surface area contributed by atoms with Crippen LogP contribution < -0.4 is 9.62 Å². The van der Waals surface area contributed by atoms with Crippen LogP contribution >= 0.6 is 0 Å². The van der Waals surface area contributed by atoms with Gasteiger partial charge in [-0.05, 0) is 19.8 Å². The van der Waals surface area contributed by atoms with Crippen LogP contribution in [0.5, 0.6) is 0 Å². The number of nitrogens with one attached hydrogen (secondary N) is 1. The standard InChI is InChI=1S/C13H23N5O3S/c1-4-16(3)22(20,21)15-11-7-6-10-17(13(11)19)12-8-9-14-18(12)5-2/h8-9,11,15H,4-7,10H2,1-3H3. The third-order valence-electron chi connectivity index (χ3n) is 3.86. The van der Waals surface area contributed by atoms with Crippen molar-refractivity contribution in [2.45, 2.75) is 39.3 Å². The zero-order valence-electron chi connectivity index (χ0n) is 13.2. The molecule has 1 amide bonds. The number of anilines is 1. The van der Waals surface area contributed by atoms with Crippen molar-refractivity contribution in [2.75, 3.05) is 25.0 Å². The van der Waals surface area contributed by atoms with Crippen molar-refractivity contribution in [2.24, 2.45) is 0 Å². The maximum Gasteiger partial charge on any atom is 0.279 e. The van der Waals surface area contributed by atoms with E-state index in [1.54, 1.807) is 28.8 Å². The number of carbonyl (C=O) groups excluding carboxylic acids is 1. The molecule has 124 valence electrons. The Morgan fingerprint density at radius 1 is 1.45 bits per heavy atom. The lowest BCUT2D eigenvalue weighted by Gasteiger charge is -2.33. The minimum Gasteiger partial charge on any atom is -0.296 e. The summed E-state index contributed by atoms with van der Waals surface area (Å²) in [6.07, 6.45) is 2.89. The first-order valence-electron chi connectivity index (χ1n) is 7.47. The van der Waals surface area contributed by atoms with Gasteiger partial charge in [0.1, 0.15) is 11.9 Å². The van der Waals surface area contributed by atoms with Crippen molar-refractivity contribution < 1.29 is 13.2 Å². The maximum absolute atomic E-state index is 12.6. The summed E-state index contributed by atoms with van der Waals surface area (Å²) in [5, 5.41) is 4.16. The summed E-state index contributed by atoms with van der Waals surface area (Å²) < 4.78 is 29.7. The third kappa shape index (κ3) is 3.31. The van der Waals surface area contributed by atoms with Crippen molar-refractivity contribution in [3.05, 3.63) is 12.3 Å². The van der Waals surface area contributed by atoms with Gasteiger partial charge < -0.3 is 0 Å². The molecule has 1 aliphatic heterocycles. The molecule has 0 aromatic carbocycles. The van der Waals surface area contributed by atoms with Crippen LogP contribution in [0, 0.1) is 0 Å². The van der Waals surface area contributed by atoms with Crippen LogP contribution in [-0.4, -0.2) is 54.6 Å². The molecule has 22 heavy (non-hydrogen) atoms. The molecule has 1 fully saturated rings. The van der Waals surface area contributed by atoms with E-state index in [1.807, 2.05) is 6.92 Å². The van der Waals surface area contributed by atoms with Gasteiger partial charge in [0.2, 0.25) is 5.91 Å². The zero-order chi connectivity index (χ0) is 16.3. The number of amides is 1. The second kappa shape index (κ2) is 6.76. The SMILES string of the molecule is CCN(C)S(=O)(=O)NC1CCCN(c2ccnn2CC)C1=O. The lowest BCUT2D eigenvalue weighted by atomic mass is 10.1. The van der Waals surface area contributed by atoms with Crippen LogP contribution in [0.1, 0.15) is 26.7 Å². The number of aryl methyl sites for hydroxylation is 1. The molecule has 1 aromatic heterocycles. The van der Waals surface area contributed by atoms with E-state index >= 15 is 0 Å². The lowest BCUT2D eigenvalue weighted by molar-refractivity contribution is -0.121. The predicted octanol–water partition coefficient (Wildman–Crippen LogP) is 0.185. The van der Waals surface area contributed by atoms with E-state index in [-0.39, 0.29) is 5.91 Å². The van der Waals surface area contributed by atoms with Crippen molar-refractivity contribution >= 4 is 21.9 Å². The quantitative estimate of drug-likeness (QED) is 0.807. The summed E-state index contributed by atoms with van der Waals surface area (Å²) in [7, 11) is -2.15. The van der Waals surface area contributed by atoms with Crippen LogP contribution in [0.15, 0.2) is 12.3 Å². The number of hydrogen-bond acceptors (Lipinski definition) is 4. The van der Waals surface area contributed by atoms with Crippen molar-refractivity contribution in [3.8, 4) is 0 Å². The molecule has 2 heterocycles. The van der Waals surface area contributed by atoms with E-state index in [1.165, 1.54) is 11.4 Å². The minimum atomic E-state index is -3.64. The Morgan fingerprint density at radius 2 is 2.18 bits per heavy atom. The van der Waals surface area contributed by atoms with E-state index in [9.17, 15) is 13.2 Å². The Balaban J connectivity index is 2.17. The first-order valence-corrected chi connectivity index (χ1v) is 8.91. The molecule has 1 unspecified atom stereocenters. The van der Waals surface area contributed by atoms with Gasteiger partial charge in [-0.2, -0.15) is 22.5 Å². The predicted molar refractivity (Wildman–Crippen MR) is 83.6 cm³/mol. The van der Waals surface area contributed by atoms with Gasteiger partial charge in [-0.3, -0.25) is 9.69 Å². The number of piperidine rings is 1. The van der Waals surface area contributed by atoms with Crippen molar-refractivity contribution in [3.63, 3.8) is 0 Å². The third-order valence-corrected chi connectivity index (χ3v) is 5.52. The molecule has 0 spiro atoms. The fourth-order valence-corrected chi connectivity index (χ4v) is 3.55. The van der Waals surface area contributed by atoms with Gasteiger partial charge in [-0.25, -0.2) is 4.68 Å². The van der Waals surface area contributed by atoms with E-state index in [4.69, 9.17) is 0 Å². The van der Waals surface area contributed by atoms with Gasteiger partial charge in [0.25, 0.3) is 10.2 Å². The van der Waals surface area contributed by atoms with Crippen molar-refractivity contribution in [1.29, 1.82) is 0 Å². The normalized spacial score (nSPS) is 19.9. The Hall–Kier alpha value is -1.45. The smallest absolute Gasteiger partial charge is 0.279 e. The topological polar surface area (TPSA) is 87.5 Å². The minimum absolute atomic E-state index is 0.227. The van der Waals surface area contributed by atoms with Crippen LogP contribution in [0.2, 0.25) is 0 Å². The molecular weight excluding hydrogens is 306 g/mol. The Morgan fingerprint density at radius 3 is 2.82 bits per heavy atom. The van der Waals surface area contributed by atoms with Gasteiger partial charge in [-0.15, -0.1) is 0 Å². The van der Waals surface area contributed by atoms with E-state index in [0.717, 1.165) is 6.42 Å². The van der Waals surface area contributed by atoms with Gasteiger partial charge in [0.15, 0.2) is 0 Å². The average molecular weight is 329 g/mol. The molecule has 9 heteroatoms. The van der Waals surface area contributed by atoms with Crippen LogP contribution in [-0.2, 0) is 21.5 Å². The molecule has 0 radical (unpaired) electrons. The largest absolute Gasteiger partial charge is 0.296 e. The highest BCUT2D eigenvalue weighted by molar-refractivity contribution is 7.87.